The molecule has 0 atom stereocenters. The van der Waals surface area contributed by atoms with Gasteiger partial charge in [0.25, 0.3) is 0 Å². The minimum absolute atomic E-state index is 0.555. The molecule has 21 heavy (non-hydrogen) atoms. The topological polar surface area (TPSA) is 69.7 Å². The van der Waals surface area contributed by atoms with Crippen molar-refractivity contribution >= 4 is 34.4 Å². The van der Waals surface area contributed by atoms with Gasteiger partial charge in [0, 0.05) is 25.7 Å². The van der Waals surface area contributed by atoms with Gasteiger partial charge < -0.3 is 10.2 Å². The van der Waals surface area contributed by atoms with Crippen LogP contribution in [-0.2, 0) is 6.54 Å². The second kappa shape index (κ2) is 5.57. The van der Waals surface area contributed by atoms with Gasteiger partial charge in [0.1, 0.15) is 5.82 Å². The molecule has 3 rings (SSSR count). The van der Waals surface area contributed by atoms with E-state index in [1.807, 2.05) is 36.2 Å². The van der Waals surface area contributed by atoms with Crippen molar-refractivity contribution in [2.45, 2.75) is 6.54 Å². The van der Waals surface area contributed by atoms with Gasteiger partial charge in [0.2, 0.25) is 5.95 Å². The van der Waals surface area contributed by atoms with E-state index >= 15 is 0 Å². The summed E-state index contributed by atoms with van der Waals surface area (Å²) in [6, 6.07) is 7.79. The van der Waals surface area contributed by atoms with E-state index in [1.54, 1.807) is 13.2 Å². The van der Waals surface area contributed by atoms with Crippen LogP contribution >= 0.6 is 11.6 Å². The Morgan fingerprint density at radius 2 is 2.19 bits per heavy atom. The van der Waals surface area contributed by atoms with Crippen molar-refractivity contribution in [3.63, 3.8) is 0 Å². The lowest BCUT2D eigenvalue weighted by Crippen LogP contribution is -2.18. The number of rotatable bonds is 4. The minimum Gasteiger partial charge on any atom is -0.357 e. The zero-order valence-electron chi connectivity index (χ0n) is 11.8. The summed E-state index contributed by atoms with van der Waals surface area (Å²) in [6.45, 7) is 0.695. The number of H-pyrrole nitrogens is 1. The van der Waals surface area contributed by atoms with Crippen molar-refractivity contribution in [1.29, 1.82) is 0 Å². The lowest BCUT2D eigenvalue weighted by molar-refractivity contribution is 0.901. The summed E-state index contributed by atoms with van der Waals surface area (Å²) < 4.78 is 0. The van der Waals surface area contributed by atoms with E-state index in [2.05, 4.69) is 25.5 Å². The van der Waals surface area contributed by atoms with Gasteiger partial charge in [0.05, 0.1) is 11.6 Å². The minimum atomic E-state index is 0.555. The number of hydrogen-bond acceptors (Lipinski definition) is 5. The van der Waals surface area contributed by atoms with Crippen molar-refractivity contribution in [1.82, 2.24) is 20.2 Å². The van der Waals surface area contributed by atoms with E-state index in [-0.39, 0.29) is 0 Å². The molecule has 0 aliphatic rings. The van der Waals surface area contributed by atoms with Crippen LogP contribution in [0.2, 0.25) is 5.02 Å². The first-order valence-electron chi connectivity index (χ1n) is 6.52. The number of aromatic nitrogens is 4. The van der Waals surface area contributed by atoms with E-state index in [4.69, 9.17) is 11.6 Å². The largest absolute Gasteiger partial charge is 0.357 e. The first-order valence-corrected chi connectivity index (χ1v) is 6.89. The van der Waals surface area contributed by atoms with Crippen LogP contribution in [0.5, 0.6) is 0 Å². The van der Waals surface area contributed by atoms with Crippen molar-refractivity contribution in [3.05, 3.63) is 41.0 Å². The van der Waals surface area contributed by atoms with Crippen LogP contribution in [0.3, 0.4) is 0 Å². The zero-order valence-corrected chi connectivity index (χ0v) is 12.5. The maximum absolute atomic E-state index is 6.03. The Kier molecular flexibility index (Phi) is 3.62. The normalized spacial score (nSPS) is 10.8. The molecule has 0 fully saturated rings. The van der Waals surface area contributed by atoms with Crippen LogP contribution < -0.4 is 10.2 Å². The molecule has 3 aromatic rings. The maximum Gasteiger partial charge on any atom is 0.226 e. The van der Waals surface area contributed by atoms with Gasteiger partial charge in [-0.15, -0.1) is 0 Å². The van der Waals surface area contributed by atoms with E-state index in [1.165, 1.54) is 0 Å². The number of aromatic amines is 1. The number of halogens is 1. The number of anilines is 2. The van der Waals surface area contributed by atoms with Crippen molar-refractivity contribution in [2.24, 2.45) is 0 Å². The summed E-state index contributed by atoms with van der Waals surface area (Å²) in [5.41, 5.74) is 1.83. The molecular formula is C14H15ClN6. The third-order valence-electron chi connectivity index (χ3n) is 3.18. The Hall–Kier alpha value is -2.34. The van der Waals surface area contributed by atoms with Crippen molar-refractivity contribution < 1.29 is 0 Å². The predicted molar refractivity (Wildman–Crippen MR) is 84.8 cm³/mol. The summed E-state index contributed by atoms with van der Waals surface area (Å²) in [4.78, 5) is 10.9. The Morgan fingerprint density at radius 3 is 2.95 bits per heavy atom. The number of nitrogens with one attached hydrogen (secondary N) is 2. The first-order chi connectivity index (χ1) is 10.2. The molecule has 108 valence electrons. The second-order valence-corrected chi connectivity index (χ2v) is 5.18. The molecule has 0 bridgehead atoms. The van der Waals surface area contributed by atoms with Gasteiger partial charge in [-0.05, 0) is 17.7 Å². The van der Waals surface area contributed by atoms with Crippen LogP contribution in [0.15, 0.2) is 30.5 Å². The first kappa shape index (κ1) is 13.6. The number of nitrogens with zero attached hydrogens (tertiary/aromatic N) is 4. The molecule has 0 amide bonds. The summed E-state index contributed by atoms with van der Waals surface area (Å²) in [5, 5.41) is 11.5. The molecule has 0 saturated carbocycles. The molecule has 0 spiro atoms. The Labute approximate surface area is 127 Å². The van der Waals surface area contributed by atoms with E-state index in [0.29, 0.717) is 18.1 Å². The summed E-state index contributed by atoms with van der Waals surface area (Å²) in [7, 11) is 3.77. The molecule has 2 heterocycles. The van der Waals surface area contributed by atoms with E-state index in [0.717, 1.165) is 21.8 Å². The number of benzene rings is 1. The molecule has 0 unspecified atom stereocenters. The number of fused-ring (bicyclic) bond motifs is 1. The average molecular weight is 303 g/mol. The fourth-order valence-corrected chi connectivity index (χ4v) is 2.42. The molecule has 0 aliphatic carbocycles. The lowest BCUT2D eigenvalue weighted by atomic mass is 10.2. The standard InChI is InChI=1S/C14H15ClN6/c1-16-14-18-12-11(7-17-20-12)13(19-14)21(2)8-9-4-3-5-10(15)6-9/h3-7H,8H2,1-2H3,(H2,16,17,18,19,20). The molecule has 6 nitrogen and oxygen atoms in total. The van der Waals surface area contributed by atoms with Crippen molar-refractivity contribution in [3.8, 4) is 0 Å². The fraction of sp³-hybridized carbons (Fsp3) is 0.214. The summed E-state index contributed by atoms with van der Waals surface area (Å²) in [5.74, 6) is 1.37. The highest BCUT2D eigenvalue weighted by Crippen LogP contribution is 2.24. The predicted octanol–water partition coefficient (Wildman–Crippen LogP) is 2.68. The maximum atomic E-state index is 6.03. The molecule has 0 aliphatic heterocycles. The second-order valence-electron chi connectivity index (χ2n) is 4.74. The smallest absolute Gasteiger partial charge is 0.226 e. The molecule has 2 aromatic heterocycles. The highest BCUT2D eigenvalue weighted by Gasteiger charge is 2.13. The van der Waals surface area contributed by atoms with Gasteiger partial charge in [-0.1, -0.05) is 23.7 Å². The molecule has 1 aromatic carbocycles. The van der Waals surface area contributed by atoms with Crippen LogP contribution in [0.1, 0.15) is 5.56 Å². The van der Waals surface area contributed by atoms with Crippen LogP contribution in [-0.4, -0.2) is 34.3 Å². The van der Waals surface area contributed by atoms with Crippen molar-refractivity contribution in [2.75, 3.05) is 24.3 Å². The highest BCUT2D eigenvalue weighted by molar-refractivity contribution is 6.30. The quantitative estimate of drug-likeness (QED) is 0.775. The zero-order chi connectivity index (χ0) is 14.8. The highest BCUT2D eigenvalue weighted by atomic mass is 35.5. The third kappa shape index (κ3) is 2.75. The summed E-state index contributed by atoms with van der Waals surface area (Å²) in [6.07, 6.45) is 1.73. The van der Waals surface area contributed by atoms with Gasteiger partial charge in [0.15, 0.2) is 5.65 Å². The average Bonchev–Trinajstić information content (AvgIpc) is 2.94. The van der Waals surface area contributed by atoms with Gasteiger partial charge in [-0.3, -0.25) is 5.10 Å². The van der Waals surface area contributed by atoms with Gasteiger partial charge in [-0.2, -0.15) is 15.1 Å². The van der Waals surface area contributed by atoms with Gasteiger partial charge >= 0.3 is 0 Å². The SMILES string of the molecule is CNc1nc(N(C)Cc2cccc(Cl)c2)c2cn[nH]c2n1. The van der Waals surface area contributed by atoms with Crippen LogP contribution in [0, 0.1) is 0 Å². The Balaban J connectivity index is 1.97. The van der Waals surface area contributed by atoms with E-state index in [9.17, 15) is 0 Å². The van der Waals surface area contributed by atoms with Crippen LogP contribution in [0.4, 0.5) is 11.8 Å². The van der Waals surface area contributed by atoms with Gasteiger partial charge in [-0.25, -0.2) is 0 Å². The van der Waals surface area contributed by atoms with E-state index < -0.39 is 0 Å². The molecule has 0 saturated heterocycles. The summed E-state index contributed by atoms with van der Waals surface area (Å²) >= 11 is 6.03. The lowest BCUT2D eigenvalue weighted by Gasteiger charge is -2.19. The third-order valence-corrected chi connectivity index (χ3v) is 3.42. The molecular weight excluding hydrogens is 288 g/mol. The fourth-order valence-electron chi connectivity index (χ4n) is 2.21. The molecule has 2 N–H and O–H groups in total. The van der Waals surface area contributed by atoms with Crippen LogP contribution in [0.25, 0.3) is 11.0 Å². The molecule has 0 radical (unpaired) electrons. The Morgan fingerprint density at radius 1 is 1.33 bits per heavy atom. The molecule has 7 heteroatoms. The Bertz CT molecular complexity index is 769. The monoisotopic (exact) mass is 302 g/mol. The number of hydrogen-bond donors (Lipinski definition) is 2.